The number of hydrogen-bond donors (Lipinski definition) is 0. The Balaban J connectivity index is 1.32. The molecule has 6 aromatic carbocycles. The minimum atomic E-state index is -0.0472. The van der Waals surface area contributed by atoms with Crippen molar-refractivity contribution in [3.05, 3.63) is 131 Å². The third-order valence-corrected chi connectivity index (χ3v) is 14.7. The summed E-state index contributed by atoms with van der Waals surface area (Å²) in [6.07, 6.45) is 4.92. The first-order chi connectivity index (χ1) is 27.2. The zero-order valence-electron chi connectivity index (χ0n) is 35.1. The van der Waals surface area contributed by atoms with Gasteiger partial charge >= 0.3 is 0 Å². The van der Waals surface area contributed by atoms with Crippen molar-refractivity contribution in [1.29, 1.82) is 0 Å². The van der Waals surface area contributed by atoms with Gasteiger partial charge in [-0.25, -0.2) is 0 Å². The molecular formula is C53H53BN2O. The lowest BCUT2D eigenvalue weighted by molar-refractivity contribution is 0.195. The number of anilines is 5. The van der Waals surface area contributed by atoms with Gasteiger partial charge in [0, 0.05) is 44.5 Å². The largest absolute Gasteiger partial charge is 0.456 e. The van der Waals surface area contributed by atoms with Crippen LogP contribution in [0.15, 0.2) is 114 Å². The molecule has 1 fully saturated rings. The van der Waals surface area contributed by atoms with E-state index in [1.807, 2.05) is 0 Å². The highest BCUT2D eigenvalue weighted by atomic mass is 16.3. The second kappa shape index (κ2) is 11.5. The first kappa shape index (κ1) is 35.0. The molecule has 0 bridgehead atoms. The SMILES string of the molecule is Cc1cc2c3c(c1)N1c4c(cc(C(C)(C)C)cc4C4(C)CCCCC14C)B3c1c(ccc3oc4ccccc4c13)N2c1ccc(C(C)(C)C)cc1-c1ccccc1. The lowest BCUT2D eigenvalue weighted by Crippen LogP contribution is -2.64. The summed E-state index contributed by atoms with van der Waals surface area (Å²) in [5.41, 5.74) is 20.8. The Labute approximate surface area is 338 Å². The molecule has 4 heteroatoms. The first-order valence-corrected chi connectivity index (χ1v) is 21.3. The molecule has 2 unspecified atom stereocenters. The summed E-state index contributed by atoms with van der Waals surface area (Å²) in [4.78, 5) is 5.49. The van der Waals surface area contributed by atoms with Gasteiger partial charge in [-0.1, -0.05) is 128 Å². The van der Waals surface area contributed by atoms with Crippen LogP contribution >= 0.6 is 0 Å². The fraction of sp³-hybridized carbons (Fsp3) is 0.321. The van der Waals surface area contributed by atoms with Crippen LogP contribution in [0.2, 0.25) is 0 Å². The van der Waals surface area contributed by atoms with Crippen molar-refractivity contribution in [2.24, 2.45) is 0 Å². The molecule has 284 valence electrons. The van der Waals surface area contributed by atoms with Crippen LogP contribution in [0.3, 0.4) is 0 Å². The number of hydrogen-bond acceptors (Lipinski definition) is 3. The van der Waals surface area contributed by atoms with Crippen molar-refractivity contribution < 1.29 is 4.42 Å². The molecule has 0 N–H and O–H groups in total. The Morgan fingerprint density at radius 1 is 0.632 bits per heavy atom. The Morgan fingerprint density at radius 3 is 2.11 bits per heavy atom. The molecule has 2 atom stereocenters. The number of benzene rings is 6. The highest BCUT2D eigenvalue weighted by molar-refractivity contribution is 7.02. The molecule has 7 aromatic rings. The third kappa shape index (κ3) is 4.62. The average Bonchev–Trinajstić information content (AvgIpc) is 3.66. The molecule has 0 saturated heterocycles. The van der Waals surface area contributed by atoms with E-state index in [2.05, 4.69) is 181 Å². The van der Waals surface area contributed by atoms with Gasteiger partial charge in [-0.2, -0.15) is 0 Å². The van der Waals surface area contributed by atoms with E-state index >= 15 is 0 Å². The van der Waals surface area contributed by atoms with Gasteiger partial charge in [-0.05, 0) is 124 Å². The molecule has 3 nitrogen and oxygen atoms in total. The molecule has 0 spiro atoms. The van der Waals surface area contributed by atoms with E-state index in [4.69, 9.17) is 4.42 Å². The summed E-state index contributed by atoms with van der Waals surface area (Å²) in [5.74, 6) is 0. The predicted octanol–water partition coefficient (Wildman–Crippen LogP) is 12.5. The van der Waals surface area contributed by atoms with E-state index < -0.39 is 0 Å². The number of aryl methyl sites for hydroxylation is 1. The maximum atomic E-state index is 6.76. The van der Waals surface area contributed by atoms with Crippen molar-refractivity contribution in [3.63, 3.8) is 0 Å². The predicted molar refractivity (Wildman–Crippen MR) is 243 cm³/mol. The normalized spacial score (nSPS) is 20.8. The van der Waals surface area contributed by atoms with Crippen LogP contribution in [0, 0.1) is 6.92 Å². The van der Waals surface area contributed by atoms with Gasteiger partial charge in [0.1, 0.15) is 11.2 Å². The molecular weight excluding hydrogens is 691 g/mol. The zero-order chi connectivity index (χ0) is 39.4. The minimum Gasteiger partial charge on any atom is -0.456 e. The first-order valence-electron chi connectivity index (χ1n) is 21.3. The monoisotopic (exact) mass is 744 g/mol. The second-order valence-electron chi connectivity index (χ2n) is 20.2. The van der Waals surface area contributed by atoms with Gasteiger partial charge < -0.3 is 14.2 Å². The molecule has 1 aromatic heterocycles. The van der Waals surface area contributed by atoms with E-state index in [9.17, 15) is 0 Å². The Morgan fingerprint density at radius 2 is 1.33 bits per heavy atom. The lowest BCUT2D eigenvalue weighted by atomic mass is 9.32. The maximum Gasteiger partial charge on any atom is 0.253 e. The topological polar surface area (TPSA) is 19.6 Å². The number of para-hydroxylation sites is 1. The molecule has 1 saturated carbocycles. The van der Waals surface area contributed by atoms with Crippen molar-refractivity contribution in [3.8, 4) is 11.1 Å². The quantitative estimate of drug-likeness (QED) is 0.164. The van der Waals surface area contributed by atoms with Gasteiger partial charge in [0.2, 0.25) is 0 Å². The summed E-state index contributed by atoms with van der Waals surface area (Å²) in [6, 6.07) is 41.8. The molecule has 1 aliphatic carbocycles. The van der Waals surface area contributed by atoms with Gasteiger partial charge in [0.15, 0.2) is 0 Å². The number of rotatable bonds is 2. The van der Waals surface area contributed by atoms with Crippen LogP contribution in [0.1, 0.15) is 103 Å². The summed E-state index contributed by atoms with van der Waals surface area (Å²) < 4.78 is 6.76. The summed E-state index contributed by atoms with van der Waals surface area (Å²) >= 11 is 0. The molecule has 0 radical (unpaired) electrons. The Kier molecular flexibility index (Phi) is 7.04. The average molecular weight is 745 g/mol. The van der Waals surface area contributed by atoms with Crippen molar-refractivity contribution in [1.82, 2.24) is 0 Å². The van der Waals surface area contributed by atoms with Crippen LogP contribution < -0.4 is 26.2 Å². The Bertz CT molecular complexity index is 2840. The van der Waals surface area contributed by atoms with E-state index in [-0.39, 0.29) is 28.5 Å². The summed E-state index contributed by atoms with van der Waals surface area (Å²) in [5, 5.41) is 2.42. The van der Waals surface area contributed by atoms with Crippen LogP contribution in [0.5, 0.6) is 0 Å². The van der Waals surface area contributed by atoms with E-state index in [0.29, 0.717) is 0 Å². The second-order valence-corrected chi connectivity index (χ2v) is 20.2. The molecule has 57 heavy (non-hydrogen) atoms. The highest BCUT2D eigenvalue weighted by Crippen LogP contribution is 2.62. The van der Waals surface area contributed by atoms with Crippen LogP contribution in [-0.4, -0.2) is 12.3 Å². The van der Waals surface area contributed by atoms with Crippen molar-refractivity contribution in [2.45, 2.75) is 110 Å². The van der Waals surface area contributed by atoms with Gasteiger partial charge in [-0.15, -0.1) is 0 Å². The number of furan rings is 1. The number of nitrogens with zero attached hydrogens (tertiary/aromatic N) is 2. The maximum absolute atomic E-state index is 6.76. The molecule has 11 rings (SSSR count). The fourth-order valence-electron chi connectivity index (χ4n) is 11.5. The summed E-state index contributed by atoms with van der Waals surface area (Å²) in [6.45, 7) is 21.7. The van der Waals surface area contributed by atoms with Crippen molar-refractivity contribution in [2.75, 3.05) is 9.80 Å². The van der Waals surface area contributed by atoms with Crippen LogP contribution in [0.4, 0.5) is 28.4 Å². The van der Waals surface area contributed by atoms with Crippen molar-refractivity contribution >= 4 is 73.5 Å². The molecule has 4 heterocycles. The molecule has 0 amide bonds. The minimum absolute atomic E-state index is 0.00135. The van der Waals surface area contributed by atoms with E-state index in [1.165, 1.54) is 109 Å². The Hall–Kier alpha value is -5.22. The molecule has 3 aliphatic heterocycles. The number of fused-ring (bicyclic) bond motifs is 11. The smallest absolute Gasteiger partial charge is 0.253 e. The van der Waals surface area contributed by atoms with Gasteiger partial charge in [0.25, 0.3) is 6.71 Å². The van der Waals surface area contributed by atoms with Gasteiger partial charge in [-0.3, -0.25) is 0 Å². The standard InChI is InChI=1S/C53H53BN2O/c1-32-27-42-47-43(28-32)56-49-38(52(8)25-15-16-26-53(52,56)9)30-35(51(5,6)7)31-39(49)54(47)48-41(23-24-45-46(48)36-19-13-14-20-44(36)57-45)55(42)40-22-21-34(50(2,3)4)29-37(40)33-17-11-10-12-18-33/h10-14,17-24,27-31H,15-16,25-26H2,1-9H3. The highest BCUT2D eigenvalue weighted by Gasteiger charge is 2.61. The fourth-order valence-corrected chi connectivity index (χ4v) is 11.5. The van der Waals surface area contributed by atoms with Gasteiger partial charge in [0.05, 0.1) is 11.2 Å². The van der Waals surface area contributed by atoms with Crippen LogP contribution in [0.25, 0.3) is 33.1 Å². The summed E-state index contributed by atoms with van der Waals surface area (Å²) in [7, 11) is 0. The van der Waals surface area contributed by atoms with E-state index in [0.717, 1.165) is 11.2 Å². The lowest BCUT2D eigenvalue weighted by Gasteiger charge is -2.53. The van der Waals surface area contributed by atoms with E-state index in [1.54, 1.807) is 5.56 Å². The molecule has 4 aliphatic rings. The zero-order valence-corrected chi connectivity index (χ0v) is 35.1. The van der Waals surface area contributed by atoms with Crippen LogP contribution in [-0.2, 0) is 16.2 Å². The third-order valence-electron chi connectivity index (χ3n) is 14.7.